The van der Waals surface area contributed by atoms with Gasteiger partial charge in [0, 0.05) is 5.69 Å². The maximum atomic E-state index is 12.9. The number of anilines is 1. The van der Waals surface area contributed by atoms with Crippen molar-refractivity contribution in [2.24, 2.45) is 0 Å². The molecule has 0 amide bonds. The first-order chi connectivity index (χ1) is 12.6. The molecule has 27 heavy (non-hydrogen) atoms. The van der Waals surface area contributed by atoms with Crippen LogP contribution in [-0.2, 0) is 10.0 Å². The zero-order chi connectivity index (χ0) is 19.7. The lowest BCUT2D eigenvalue weighted by molar-refractivity contribution is -0.274. The highest BCUT2D eigenvalue weighted by Gasteiger charge is 2.31. The molecule has 3 aromatic rings. The molecule has 0 aliphatic rings. The van der Waals surface area contributed by atoms with E-state index in [2.05, 4.69) is 14.4 Å². The van der Waals surface area contributed by atoms with Gasteiger partial charge in [-0.2, -0.15) is 0 Å². The average molecular weight is 438 g/mol. The summed E-state index contributed by atoms with van der Waals surface area (Å²) in [5, 5.41) is -0.365. The maximum absolute atomic E-state index is 12.9. The number of rotatable bonds is 6. The third-order valence-electron chi connectivity index (χ3n) is 3.03. The largest absolute Gasteiger partial charge is 0.573 e. The summed E-state index contributed by atoms with van der Waals surface area (Å²) in [6.45, 7) is 0. The number of thiazole rings is 1. The number of aromatic nitrogens is 1. The number of hydrogen-bond acceptors (Lipinski definition) is 6. The summed E-state index contributed by atoms with van der Waals surface area (Å²) in [5.74, 6) is -0.864. The summed E-state index contributed by atoms with van der Waals surface area (Å²) in [6, 6.07) is 8.52. The van der Waals surface area contributed by atoms with Gasteiger partial charge in [0.05, 0.1) is 10.2 Å². The molecule has 0 spiro atoms. The van der Waals surface area contributed by atoms with E-state index < -0.39 is 22.2 Å². The second-order valence-corrected chi connectivity index (χ2v) is 9.48. The second kappa shape index (κ2) is 7.52. The van der Waals surface area contributed by atoms with Crippen LogP contribution < -0.4 is 9.46 Å². The monoisotopic (exact) mass is 438 g/mol. The van der Waals surface area contributed by atoms with E-state index in [1.165, 1.54) is 24.3 Å². The number of nitrogens with zero attached hydrogens (tertiary/aromatic N) is 1. The average Bonchev–Trinajstić information content (AvgIpc) is 2.96. The molecule has 0 fully saturated rings. The van der Waals surface area contributed by atoms with Crippen LogP contribution in [0.2, 0.25) is 0 Å². The molecule has 12 heteroatoms. The molecule has 0 atom stereocenters. The Hall–Kier alpha value is -2.05. The lowest BCUT2D eigenvalue weighted by atomic mass is 10.3. The van der Waals surface area contributed by atoms with Crippen molar-refractivity contribution in [2.45, 2.75) is 10.7 Å². The van der Waals surface area contributed by atoms with Gasteiger partial charge in [0.1, 0.15) is 16.7 Å². The van der Waals surface area contributed by atoms with Crippen LogP contribution in [0.4, 0.5) is 23.2 Å². The van der Waals surface area contributed by atoms with E-state index in [9.17, 15) is 26.0 Å². The van der Waals surface area contributed by atoms with Gasteiger partial charge in [-0.15, -0.1) is 24.5 Å². The fourth-order valence-corrected chi connectivity index (χ4v) is 5.58. The van der Waals surface area contributed by atoms with Crippen molar-refractivity contribution >= 4 is 49.0 Å². The van der Waals surface area contributed by atoms with Crippen LogP contribution in [0.25, 0.3) is 10.2 Å². The minimum Gasteiger partial charge on any atom is -0.406 e. The quantitative estimate of drug-likeness (QED) is 0.441. The topological polar surface area (TPSA) is 68.3 Å². The molecular weight excluding hydrogens is 428 g/mol. The molecule has 1 heterocycles. The molecule has 1 N–H and O–H groups in total. The smallest absolute Gasteiger partial charge is 0.406 e. The molecule has 2 aromatic carbocycles. The van der Waals surface area contributed by atoms with E-state index >= 15 is 0 Å². The molecule has 5 nitrogen and oxygen atoms in total. The third-order valence-corrected chi connectivity index (χ3v) is 7.04. The van der Waals surface area contributed by atoms with Crippen molar-refractivity contribution in [3.63, 3.8) is 0 Å². The zero-order valence-electron chi connectivity index (χ0n) is 13.2. The summed E-state index contributed by atoms with van der Waals surface area (Å²) in [7, 11) is -3.73. The first-order valence-corrected chi connectivity index (χ1v) is 10.6. The summed E-state index contributed by atoms with van der Waals surface area (Å²) < 4.78 is 80.8. The van der Waals surface area contributed by atoms with Gasteiger partial charge in [0.15, 0.2) is 4.34 Å². The van der Waals surface area contributed by atoms with Gasteiger partial charge in [-0.3, -0.25) is 4.72 Å². The van der Waals surface area contributed by atoms with E-state index in [0.717, 1.165) is 41.3 Å². The van der Waals surface area contributed by atoms with Gasteiger partial charge in [-0.25, -0.2) is 17.8 Å². The molecule has 144 valence electrons. The van der Waals surface area contributed by atoms with Crippen LogP contribution in [0.3, 0.4) is 0 Å². The van der Waals surface area contributed by atoms with Crippen LogP contribution in [0, 0.1) is 5.82 Å². The number of nitrogens with one attached hydrogen (secondary N) is 1. The van der Waals surface area contributed by atoms with E-state index in [-0.39, 0.29) is 16.5 Å². The Morgan fingerprint density at radius 3 is 2.52 bits per heavy atom. The summed E-state index contributed by atoms with van der Waals surface area (Å²) in [5.41, 5.74) is 0.649. The minimum absolute atomic E-state index is 0.218. The number of halogens is 4. The van der Waals surface area contributed by atoms with E-state index in [0.29, 0.717) is 14.6 Å². The second-order valence-electron chi connectivity index (χ2n) is 5.14. The molecule has 3 rings (SSSR count). The molecule has 0 saturated heterocycles. The van der Waals surface area contributed by atoms with Crippen LogP contribution in [0.5, 0.6) is 5.75 Å². The molecule has 0 unspecified atom stereocenters. The van der Waals surface area contributed by atoms with Crippen molar-refractivity contribution in [1.82, 2.24) is 4.98 Å². The Balaban J connectivity index is 1.68. The lowest BCUT2D eigenvalue weighted by Crippen LogP contribution is -2.16. The highest BCUT2D eigenvalue weighted by atomic mass is 32.3. The standard InChI is InChI=1S/C15H10F4N2O3S3/c16-9-1-3-10(4-2-9)21-27(22,23)8-25-14-20-12-6-5-11(7-13(12)26-14)24-15(17,18)19/h1-7,21H,8H2. The Morgan fingerprint density at radius 1 is 1.15 bits per heavy atom. The summed E-state index contributed by atoms with van der Waals surface area (Å²) in [6.07, 6.45) is -4.80. The van der Waals surface area contributed by atoms with Crippen molar-refractivity contribution in [3.05, 3.63) is 48.3 Å². The minimum atomic E-state index is -4.80. The number of fused-ring (bicyclic) bond motifs is 1. The summed E-state index contributed by atoms with van der Waals surface area (Å²) >= 11 is 1.96. The Bertz CT molecular complexity index is 1050. The molecular formula is C15H10F4N2O3S3. The highest BCUT2D eigenvalue weighted by molar-refractivity contribution is 8.13. The summed E-state index contributed by atoms with van der Waals surface area (Å²) in [4.78, 5) is 4.17. The maximum Gasteiger partial charge on any atom is 0.573 e. The number of alkyl halides is 3. The number of ether oxygens (including phenoxy) is 1. The van der Waals surface area contributed by atoms with E-state index in [1.54, 1.807) is 0 Å². The highest BCUT2D eigenvalue weighted by Crippen LogP contribution is 2.34. The van der Waals surface area contributed by atoms with Gasteiger partial charge in [-0.1, -0.05) is 11.8 Å². The van der Waals surface area contributed by atoms with Gasteiger partial charge in [0.25, 0.3) is 0 Å². The van der Waals surface area contributed by atoms with E-state index in [1.807, 2.05) is 0 Å². The van der Waals surface area contributed by atoms with Crippen molar-refractivity contribution < 1.29 is 30.7 Å². The molecule has 0 aliphatic heterocycles. The SMILES string of the molecule is O=S(=O)(CSc1nc2ccc(OC(F)(F)F)cc2s1)Nc1ccc(F)cc1. The number of benzene rings is 2. The van der Waals surface area contributed by atoms with Gasteiger partial charge < -0.3 is 4.74 Å². The Morgan fingerprint density at radius 2 is 1.85 bits per heavy atom. The number of hydrogen-bond donors (Lipinski definition) is 1. The molecule has 0 radical (unpaired) electrons. The van der Waals surface area contributed by atoms with Crippen LogP contribution in [-0.4, -0.2) is 24.8 Å². The van der Waals surface area contributed by atoms with Gasteiger partial charge >= 0.3 is 6.36 Å². The Labute approximate surface area is 159 Å². The first kappa shape index (κ1) is 19.7. The predicted molar refractivity (Wildman–Crippen MR) is 96.0 cm³/mol. The molecule has 1 aromatic heterocycles. The fraction of sp³-hybridized carbons (Fsp3) is 0.133. The number of thioether (sulfide) groups is 1. The van der Waals surface area contributed by atoms with E-state index in [4.69, 9.17) is 0 Å². The van der Waals surface area contributed by atoms with Crippen LogP contribution in [0.15, 0.2) is 46.8 Å². The molecule has 0 saturated carbocycles. The molecule has 0 bridgehead atoms. The third kappa shape index (κ3) is 5.71. The first-order valence-electron chi connectivity index (χ1n) is 7.15. The Kier molecular flexibility index (Phi) is 5.49. The van der Waals surface area contributed by atoms with Crippen molar-refractivity contribution in [2.75, 3.05) is 9.81 Å². The van der Waals surface area contributed by atoms with Crippen LogP contribution in [0.1, 0.15) is 0 Å². The van der Waals surface area contributed by atoms with Crippen molar-refractivity contribution in [3.8, 4) is 5.75 Å². The lowest BCUT2D eigenvalue weighted by Gasteiger charge is -2.07. The predicted octanol–water partition coefficient (Wildman–Crippen LogP) is 4.83. The van der Waals surface area contributed by atoms with Gasteiger partial charge in [0.2, 0.25) is 10.0 Å². The van der Waals surface area contributed by atoms with Crippen molar-refractivity contribution in [1.29, 1.82) is 0 Å². The zero-order valence-corrected chi connectivity index (χ0v) is 15.6. The molecule has 0 aliphatic carbocycles. The van der Waals surface area contributed by atoms with Gasteiger partial charge in [-0.05, 0) is 42.5 Å². The van der Waals surface area contributed by atoms with Crippen LogP contribution >= 0.6 is 23.1 Å². The number of sulfonamides is 1. The normalized spacial score (nSPS) is 12.3. The fourth-order valence-electron chi connectivity index (χ4n) is 2.00.